The van der Waals surface area contributed by atoms with Crippen LogP contribution in [0.3, 0.4) is 0 Å². The Morgan fingerprint density at radius 1 is 1.43 bits per heavy atom. The lowest BCUT2D eigenvalue weighted by Crippen LogP contribution is -2.30. The van der Waals surface area contributed by atoms with Crippen LogP contribution in [0.4, 0.5) is 0 Å². The van der Waals surface area contributed by atoms with Crippen molar-refractivity contribution in [1.29, 1.82) is 0 Å². The van der Waals surface area contributed by atoms with E-state index in [0.717, 1.165) is 20.9 Å². The average Bonchev–Trinajstić information content (AvgIpc) is 3.12. The zero-order valence-electron chi connectivity index (χ0n) is 15.5. The SMILES string of the molecule is CCN1C(=O)/C(=C/c2cn(CC(=O)NCCOC)c3ccc(Br)cc23)SC1=S. The van der Waals surface area contributed by atoms with Gasteiger partial charge in [0.15, 0.2) is 0 Å². The Bertz CT molecular complexity index is 971. The van der Waals surface area contributed by atoms with Gasteiger partial charge in [-0.2, -0.15) is 0 Å². The maximum Gasteiger partial charge on any atom is 0.266 e. The summed E-state index contributed by atoms with van der Waals surface area (Å²) in [5, 5.41) is 3.78. The lowest BCUT2D eigenvalue weighted by atomic mass is 10.1. The van der Waals surface area contributed by atoms with Crippen molar-refractivity contribution in [1.82, 2.24) is 14.8 Å². The summed E-state index contributed by atoms with van der Waals surface area (Å²) in [5.41, 5.74) is 1.79. The van der Waals surface area contributed by atoms with Crippen molar-refractivity contribution >= 4 is 73.0 Å². The number of fused-ring (bicyclic) bond motifs is 1. The molecule has 0 aliphatic carbocycles. The molecule has 148 valence electrons. The van der Waals surface area contributed by atoms with Crippen LogP contribution >= 0.6 is 39.9 Å². The highest BCUT2D eigenvalue weighted by Crippen LogP contribution is 2.34. The van der Waals surface area contributed by atoms with Crippen LogP contribution in [0.2, 0.25) is 0 Å². The summed E-state index contributed by atoms with van der Waals surface area (Å²) in [6.07, 6.45) is 3.74. The summed E-state index contributed by atoms with van der Waals surface area (Å²) in [5.74, 6) is -0.175. The predicted molar refractivity (Wildman–Crippen MR) is 120 cm³/mol. The van der Waals surface area contributed by atoms with Crippen LogP contribution in [-0.4, -0.2) is 52.4 Å². The maximum atomic E-state index is 12.5. The molecule has 1 aliphatic heterocycles. The molecule has 0 radical (unpaired) electrons. The number of rotatable bonds is 7. The van der Waals surface area contributed by atoms with Crippen molar-refractivity contribution in [2.24, 2.45) is 0 Å². The monoisotopic (exact) mass is 481 g/mol. The molecule has 0 spiro atoms. The average molecular weight is 482 g/mol. The van der Waals surface area contributed by atoms with Gasteiger partial charge < -0.3 is 14.6 Å². The van der Waals surface area contributed by atoms with Gasteiger partial charge in [0.2, 0.25) is 5.91 Å². The molecular formula is C19H20BrN3O3S2. The summed E-state index contributed by atoms with van der Waals surface area (Å²) < 4.78 is 8.34. The van der Waals surface area contributed by atoms with E-state index in [-0.39, 0.29) is 18.4 Å². The van der Waals surface area contributed by atoms with Crippen molar-refractivity contribution in [2.75, 3.05) is 26.8 Å². The number of aromatic nitrogens is 1. The second kappa shape index (κ2) is 9.21. The fourth-order valence-corrected chi connectivity index (χ4v) is 4.70. The Labute approximate surface area is 181 Å². The molecule has 2 aromatic rings. The van der Waals surface area contributed by atoms with Gasteiger partial charge in [-0.3, -0.25) is 14.5 Å². The summed E-state index contributed by atoms with van der Waals surface area (Å²) >= 11 is 10.1. The van der Waals surface area contributed by atoms with Gasteiger partial charge in [-0.25, -0.2) is 0 Å². The molecule has 0 saturated carbocycles. The molecule has 0 atom stereocenters. The number of methoxy groups -OCH3 is 1. The van der Waals surface area contributed by atoms with E-state index < -0.39 is 0 Å². The molecule has 2 heterocycles. The van der Waals surface area contributed by atoms with E-state index in [1.807, 2.05) is 42.0 Å². The molecule has 2 amide bonds. The van der Waals surface area contributed by atoms with E-state index in [1.165, 1.54) is 11.8 Å². The Balaban J connectivity index is 1.94. The standard InChI is InChI=1S/C19H20BrN3O3S2/c1-3-23-18(25)16(28-19(23)27)8-12-10-22(11-17(24)21-6-7-26-2)15-5-4-13(20)9-14(12)15/h4-5,8-10H,3,6-7,11H2,1-2H3,(H,21,24)/b16-8-. The van der Waals surface area contributed by atoms with Crippen molar-refractivity contribution in [3.8, 4) is 0 Å². The minimum absolute atomic E-state index is 0.0781. The number of thioether (sulfide) groups is 1. The first-order valence-electron chi connectivity index (χ1n) is 8.74. The molecular weight excluding hydrogens is 462 g/mol. The number of ether oxygens (including phenoxy) is 1. The van der Waals surface area contributed by atoms with Gasteiger partial charge >= 0.3 is 0 Å². The zero-order valence-corrected chi connectivity index (χ0v) is 18.7. The van der Waals surface area contributed by atoms with Crippen LogP contribution in [0.5, 0.6) is 0 Å². The van der Waals surface area contributed by atoms with Crippen LogP contribution < -0.4 is 5.32 Å². The Morgan fingerprint density at radius 3 is 2.89 bits per heavy atom. The van der Waals surface area contributed by atoms with E-state index in [9.17, 15) is 9.59 Å². The fraction of sp³-hybridized carbons (Fsp3) is 0.316. The number of nitrogens with zero attached hydrogens (tertiary/aromatic N) is 2. The van der Waals surface area contributed by atoms with Gasteiger partial charge in [0, 0.05) is 47.3 Å². The van der Waals surface area contributed by atoms with E-state index in [1.54, 1.807) is 12.0 Å². The first-order valence-corrected chi connectivity index (χ1v) is 10.8. The molecule has 9 heteroatoms. The quantitative estimate of drug-likeness (QED) is 0.373. The maximum absolute atomic E-state index is 12.5. The van der Waals surface area contributed by atoms with Crippen molar-refractivity contribution in [3.63, 3.8) is 0 Å². The summed E-state index contributed by atoms with van der Waals surface area (Å²) in [4.78, 5) is 27.0. The number of benzene rings is 1. The Kier molecular flexibility index (Phi) is 6.92. The van der Waals surface area contributed by atoms with Crippen molar-refractivity contribution < 1.29 is 14.3 Å². The van der Waals surface area contributed by atoms with Crippen molar-refractivity contribution in [3.05, 3.63) is 39.3 Å². The fourth-order valence-electron chi connectivity index (χ4n) is 2.96. The van der Waals surface area contributed by atoms with Crippen LogP contribution in [0.15, 0.2) is 33.8 Å². The molecule has 0 unspecified atom stereocenters. The molecule has 1 aliphatic rings. The number of hydrogen-bond donors (Lipinski definition) is 1. The number of halogens is 1. The van der Waals surface area contributed by atoms with Gasteiger partial charge in [-0.1, -0.05) is 39.9 Å². The number of nitrogens with one attached hydrogen (secondary N) is 1. The lowest BCUT2D eigenvalue weighted by Gasteiger charge is -2.09. The number of thiocarbonyl (C=S) groups is 1. The Morgan fingerprint density at radius 2 is 2.21 bits per heavy atom. The minimum atomic E-state index is -0.0966. The topological polar surface area (TPSA) is 63.6 Å². The van der Waals surface area contributed by atoms with E-state index in [0.29, 0.717) is 28.9 Å². The molecule has 28 heavy (non-hydrogen) atoms. The van der Waals surface area contributed by atoms with Gasteiger partial charge in [0.25, 0.3) is 5.91 Å². The number of likely N-dealkylation sites (N-methyl/N-ethyl adjacent to an activating group) is 1. The first-order chi connectivity index (χ1) is 13.4. The van der Waals surface area contributed by atoms with E-state index in [2.05, 4.69) is 21.2 Å². The number of hydrogen-bond acceptors (Lipinski definition) is 5. The van der Waals surface area contributed by atoms with Crippen LogP contribution in [0.25, 0.3) is 17.0 Å². The predicted octanol–water partition coefficient (Wildman–Crippen LogP) is 3.39. The van der Waals surface area contributed by atoms with Gasteiger partial charge in [0.1, 0.15) is 10.9 Å². The van der Waals surface area contributed by atoms with Gasteiger partial charge in [-0.15, -0.1) is 0 Å². The molecule has 1 N–H and O–H groups in total. The highest BCUT2D eigenvalue weighted by atomic mass is 79.9. The Hall–Kier alpha value is -1.68. The molecule has 1 fully saturated rings. The third kappa shape index (κ3) is 4.48. The second-order valence-corrected chi connectivity index (χ2v) is 8.73. The van der Waals surface area contributed by atoms with Crippen LogP contribution in [0, 0.1) is 0 Å². The van der Waals surface area contributed by atoms with E-state index in [4.69, 9.17) is 17.0 Å². The highest BCUT2D eigenvalue weighted by Gasteiger charge is 2.30. The molecule has 6 nitrogen and oxygen atoms in total. The number of amides is 2. The first kappa shape index (κ1) is 21.0. The third-order valence-corrected chi connectivity index (χ3v) is 6.16. The summed E-state index contributed by atoms with van der Waals surface area (Å²) in [6.45, 7) is 3.57. The largest absolute Gasteiger partial charge is 0.383 e. The van der Waals surface area contributed by atoms with E-state index >= 15 is 0 Å². The molecule has 1 aromatic heterocycles. The summed E-state index contributed by atoms with van der Waals surface area (Å²) in [7, 11) is 1.59. The summed E-state index contributed by atoms with van der Waals surface area (Å²) in [6, 6.07) is 5.87. The second-order valence-electron chi connectivity index (χ2n) is 6.14. The normalized spacial score (nSPS) is 15.8. The van der Waals surface area contributed by atoms with Crippen LogP contribution in [0.1, 0.15) is 12.5 Å². The zero-order chi connectivity index (χ0) is 20.3. The third-order valence-electron chi connectivity index (χ3n) is 4.29. The minimum Gasteiger partial charge on any atom is -0.383 e. The van der Waals surface area contributed by atoms with Crippen LogP contribution in [-0.2, 0) is 20.9 Å². The van der Waals surface area contributed by atoms with Gasteiger partial charge in [-0.05, 0) is 31.2 Å². The lowest BCUT2D eigenvalue weighted by molar-refractivity contribution is -0.122. The number of carbonyl (C=O) groups excluding carboxylic acids is 2. The number of carbonyl (C=O) groups is 2. The van der Waals surface area contributed by atoms with Crippen molar-refractivity contribution in [2.45, 2.75) is 13.5 Å². The van der Waals surface area contributed by atoms with Gasteiger partial charge in [0.05, 0.1) is 11.5 Å². The molecule has 1 saturated heterocycles. The molecule has 3 rings (SSSR count). The smallest absolute Gasteiger partial charge is 0.266 e. The highest BCUT2D eigenvalue weighted by molar-refractivity contribution is 9.10. The molecule has 0 bridgehead atoms. The molecule has 1 aromatic carbocycles.